The molecule has 2 amide bonds. The minimum absolute atomic E-state index is 0.0435. The molecule has 0 atom stereocenters. The summed E-state index contributed by atoms with van der Waals surface area (Å²) in [5, 5.41) is 10.7. The van der Waals surface area contributed by atoms with Gasteiger partial charge in [-0.3, -0.25) is 9.59 Å². The predicted octanol–water partition coefficient (Wildman–Crippen LogP) is 3.09. The lowest BCUT2D eigenvalue weighted by atomic mass is 10.0. The average Bonchev–Trinajstić information content (AvgIpc) is 3.25. The van der Waals surface area contributed by atoms with Gasteiger partial charge in [-0.15, -0.1) is 0 Å². The normalized spacial score (nSPS) is 15.3. The van der Waals surface area contributed by atoms with Crippen molar-refractivity contribution in [1.82, 2.24) is 15.5 Å². The fourth-order valence-corrected chi connectivity index (χ4v) is 3.96. The van der Waals surface area contributed by atoms with Crippen LogP contribution in [-0.4, -0.2) is 28.0 Å². The molecule has 2 aliphatic rings. The maximum atomic E-state index is 13.2. The van der Waals surface area contributed by atoms with E-state index in [-0.39, 0.29) is 11.8 Å². The molecule has 7 nitrogen and oxygen atoms in total. The van der Waals surface area contributed by atoms with E-state index in [1.54, 1.807) is 0 Å². The number of aryl methyl sites for hydroxylation is 2. The van der Waals surface area contributed by atoms with Gasteiger partial charge in [0, 0.05) is 17.4 Å². The van der Waals surface area contributed by atoms with Gasteiger partial charge in [0.2, 0.25) is 5.91 Å². The minimum atomic E-state index is -0.180. The fraction of sp³-hybridized carbons (Fsp3) is 0.364. The largest absolute Gasteiger partial charge is 0.353 e. The van der Waals surface area contributed by atoms with E-state index in [0.717, 1.165) is 48.9 Å². The molecular weight excluding hydrogens is 368 g/mol. The lowest BCUT2D eigenvalue weighted by molar-refractivity contribution is -0.120. The molecule has 3 aromatic rings. The molecule has 0 bridgehead atoms. The van der Waals surface area contributed by atoms with E-state index in [2.05, 4.69) is 20.8 Å². The maximum absolute atomic E-state index is 13.2. The van der Waals surface area contributed by atoms with Crippen LogP contribution >= 0.6 is 0 Å². The van der Waals surface area contributed by atoms with Gasteiger partial charge in [-0.05, 0) is 62.3 Å². The molecule has 1 fully saturated rings. The van der Waals surface area contributed by atoms with Gasteiger partial charge in [0.25, 0.3) is 11.6 Å². The lowest BCUT2D eigenvalue weighted by Gasteiger charge is -2.11. The molecule has 29 heavy (non-hydrogen) atoms. The molecule has 2 N–H and O–H groups in total. The second-order valence-corrected chi connectivity index (χ2v) is 7.88. The third kappa shape index (κ3) is 3.48. The molecule has 2 aliphatic carbocycles. The summed E-state index contributed by atoms with van der Waals surface area (Å²) < 4.78 is 5.32. The first-order valence-electron chi connectivity index (χ1n) is 10.1. The number of pyridine rings is 1. The summed E-state index contributed by atoms with van der Waals surface area (Å²) in [6.07, 6.45) is 5.18. The Morgan fingerprint density at radius 2 is 1.97 bits per heavy atom. The molecule has 0 spiro atoms. The third-order valence-corrected chi connectivity index (χ3v) is 5.57. The first kappa shape index (κ1) is 17.8. The van der Waals surface area contributed by atoms with Crippen LogP contribution < -0.4 is 10.6 Å². The number of nitrogens with zero attached hydrogens (tertiary/aromatic N) is 2. The van der Waals surface area contributed by atoms with Crippen molar-refractivity contribution in [3.8, 4) is 0 Å². The molecule has 1 saturated carbocycles. The molecule has 2 aromatic heterocycles. The van der Waals surface area contributed by atoms with Crippen LogP contribution in [0.1, 0.15) is 52.1 Å². The second kappa shape index (κ2) is 6.99. The number of anilines is 1. The summed E-state index contributed by atoms with van der Waals surface area (Å²) in [6.45, 7) is 1.83. The fourth-order valence-electron chi connectivity index (χ4n) is 3.96. The summed E-state index contributed by atoms with van der Waals surface area (Å²) in [4.78, 5) is 29.6. The van der Waals surface area contributed by atoms with Gasteiger partial charge in [-0.1, -0.05) is 17.3 Å². The maximum Gasteiger partial charge on any atom is 0.259 e. The van der Waals surface area contributed by atoms with Crippen LogP contribution in [0.25, 0.3) is 11.1 Å². The van der Waals surface area contributed by atoms with Gasteiger partial charge in [0.1, 0.15) is 0 Å². The molecule has 0 saturated heterocycles. The minimum Gasteiger partial charge on any atom is -0.353 e. The quantitative estimate of drug-likeness (QED) is 0.698. The Morgan fingerprint density at radius 1 is 1.17 bits per heavy atom. The molecule has 0 aliphatic heterocycles. The molecule has 0 unspecified atom stereocenters. The smallest absolute Gasteiger partial charge is 0.259 e. The number of rotatable bonds is 5. The van der Waals surface area contributed by atoms with Crippen molar-refractivity contribution in [3.05, 3.63) is 52.3 Å². The van der Waals surface area contributed by atoms with Crippen LogP contribution in [0.5, 0.6) is 0 Å². The zero-order valence-electron chi connectivity index (χ0n) is 16.2. The van der Waals surface area contributed by atoms with Crippen molar-refractivity contribution in [3.63, 3.8) is 0 Å². The Bertz CT molecular complexity index is 1110. The molecule has 0 radical (unpaired) electrons. The van der Waals surface area contributed by atoms with Gasteiger partial charge >= 0.3 is 0 Å². The summed E-state index contributed by atoms with van der Waals surface area (Å²) >= 11 is 0. The van der Waals surface area contributed by atoms with E-state index in [1.807, 2.05) is 31.2 Å². The van der Waals surface area contributed by atoms with Gasteiger partial charge in [0.15, 0.2) is 0 Å². The number of carbonyl (C=O) groups excluding carboxylic acids is 2. The standard InChI is InChI=1S/C22H22N4O3/c1-12-19-20(16-3-2-4-17(16)25-22(19)29-26-12)21(28)24-15-7-5-13(6-8-15)11-18(27)23-14-9-10-14/h5-8,14H,2-4,9-11H2,1H3,(H,23,27)(H,24,28). The Kier molecular flexibility index (Phi) is 4.30. The Labute approximate surface area is 167 Å². The topological polar surface area (TPSA) is 97.1 Å². The second-order valence-electron chi connectivity index (χ2n) is 7.88. The Morgan fingerprint density at radius 3 is 2.72 bits per heavy atom. The highest BCUT2D eigenvalue weighted by atomic mass is 16.5. The van der Waals surface area contributed by atoms with E-state index in [4.69, 9.17) is 4.52 Å². The van der Waals surface area contributed by atoms with E-state index in [1.165, 1.54) is 0 Å². The van der Waals surface area contributed by atoms with Crippen LogP contribution in [0.2, 0.25) is 0 Å². The molecule has 1 aromatic carbocycles. The zero-order valence-corrected chi connectivity index (χ0v) is 16.2. The molecule has 7 heteroatoms. The number of carbonyl (C=O) groups is 2. The molecular formula is C22H22N4O3. The van der Waals surface area contributed by atoms with Crippen molar-refractivity contribution in [2.45, 2.75) is 51.5 Å². The average molecular weight is 390 g/mol. The van der Waals surface area contributed by atoms with Crippen LogP contribution in [0.4, 0.5) is 5.69 Å². The monoisotopic (exact) mass is 390 g/mol. The number of hydrogen-bond acceptors (Lipinski definition) is 5. The van der Waals surface area contributed by atoms with Crippen LogP contribution in [-0.2, 0) is 24.1 Å². The van der Waals surface area contributed by atoms with E-state index >= 15 is 0 Å². The van der Waals surface area contributed by atoms with Crippen LogP contribution in [0, 0.1) is 6.92 Å². The predicted molar refractivity (Wildman–Crippen MR) is 108 cm³/mol. The van der Waals surface area contributed by atoms with Crippen molar-refractivity contribution in [2.75, 3.05) is 5.32 Å². The number of aromatic nitrogens is 2. The van der Waals surface area contributed by atoms with Gasteiger partial charge in [0.05, 0.1) is 23.1 Å². The number of hydrogen-bond donors (Lipinski definition) is 2. The summed E-state index contributed by atoms with van der Waals surface area (Å²) in [6, 6.07) is 7.77. The number of amides is 2. The van der Waals surface area contributed by atoms with E-state index in [9.17, 15) is 9.59 Å². The third-order valence-electron chi connectivity index (χ3n) is 5.57. The first-order chi connectivity index (χ1) is 14.1. The Balaban J connectivity index is 1.37. The van der Waals surface area contributed by atoms with Gasteiger partial charge in [-0.2, -0.15) is 0 Å². The summed E-state index contributed by atoms with van der Waals surface area (Å²) in [5.74, 6) is -0.136. The molecule has 2 heterocycles. The highest BCUT2D eigenvalue weighted by Crippen LogP contribution is 2.32. The first-order valence-corrected chi connectivity index (χ1v) is 10.1. The Hall–Kier alpha value is -3.22. The van der Waals surface area contributed by atoms with Gasteiger partial charge < -0.3 is 15.2 Å². The van der Waals surface area contributed by atoms with Gasteiger partial charge in [-0.25, -0.2) is 4.98 Å². The lowest BCUT2D eigenvalue weighted by Crippen LogP contribution is -2.26. The van der Waals surface area contributed by atoms with Crippen molar-refractivity contribution < 1.29 is 14.1 Å². The highest BCUT2D eigenvalue weighted by Gasteiger charge is 2.27. The SMILES string of the molecule is Cc1noc2nc3c(c(C(=O)Nc4ccc(CC(=O)NC5CC5)cc4)c12)CCC3. The zero-order chi connectivity index (χ0) is 20.0. The van der Waals surface area contributed by atoms with Crippen LogP contribution in [0.3, 0.4) is 0 Å². The van der Waals surface area contributed by atoms with Crippen molar-refractivity contribution >= 4 is 28.6 Å². The van der Waals surface area contributed by atoms with E-state index < -0.39 is 0 Å². The van der Waals surface area contributed by atoms with Crippen molar-refractivity contribution in [1.29, 1.82) is 0 Å². The summed E-state index contributed by atoms with van der Waals surface area (Å²) in [5.41, 5.74) is 5.24. The summed E-state index contributed by atoms with van der Waals surface area (Å²) in [7, 11) is 0. The van der Waals surface area contributed by atoms with E-state index in [0.29, 0.717) is 40.5 Å². The number of benzene rings is 1. The number of nitrogens with one attached hydrogen (secondary N) is 2. The van der Waals surface area contributed by atoms with Crippen LogP contribution in [0.15, 0.2) is 28.8 Å². The molecule has 148 valence electrons. The number of fused-ring (bicyclic) bond motifs is 2. The molecule has 5 rings (SSSR count). The highest BCUT2D eigenvalue weighted by molar-refractivity contribution is 6.13. The van der Waals surface area contributed by atoms with Crippen molar-refractivity contribution in [2.24, 2.45) is 0 Å².